The molecule has 2 aliphatic rings. The number of hydrogen-bond donors (Lipinski definition) is 3. The van der Waals surface area contributed by atoms with Crippen molar-refractivity contribution in [1.82, 2.24) is 20.9 Å². The molecular formula is C20H38IN5O2. The molecule has 2 rings (SSSR count). The van der Waals surface area contributed by atoms with Crippen molar-refractivity contribution >= 4 is 41.8 Å². The summed E-state index contributed by atoms with van der Waals surface area (Å²) >= 11 is 0. The molecule has 1 unspecified atom stereocenters. The molecular weight excluding hydrogens is 469 g/mol. The van der Waals surface area contributed by atoms with E-state index in [-0.39, 0.29) is 41.8 Å². The van der Waals surface area contributed by atoms with E-state index in [0.717, 1.165) is 32.4 Å². The monoisotopic (exact) mass is 507 g/mol. The Morgan fingerprint density at radius 1 is 1.11 bits per heavy atom. The maximum absolute atomic E-state index is 12.7. The zero-order valence-corrected chi connectivity index (χ0v) is 20.2. The molecule has 1 aliphatic carbocycles. The van der Waals surface area contributed by atoms with Crippen LogP contribution in [0.15, 0.2) is 4.99 Å². The molecule has 0 spiro atoms. The molecule has 1 heterocycles. The maximum atomic E-state index is 12.7. The highest BCUT2D eigenvalue weighted by atomic mass is 127. The Bertz CT molecular complexity index is 547. The highest BCUT2D eigenvalue weighted by Gasteiger charge is 2.32. The zero-order chi connectivity index (χ0) is 19.9. The van der Waals surface area contributed by atoms with Crippen molar-refractivity contribution in [2.75, 3.05) is 33.2 Å². The molecule has 0 aromatic carbocycles. The van der Waals surface area contributed by atoms with Gasteiger partial charge in [0.25, 0.3) is 0 Å². The summed E-state index contributed by atoms with van der Waals surface area (Å²) in [5.41, 5.74) is -0.522. The number of hydrogen-bond acceptors (Lipinski definition) is 3. The Kier molecular flexibility index (Phi) is 10.5. The highest BCUT2D eigenvalue weighted by molar-refractivity contribution is 14.0. The third-order valence-electron chi connectivity index (χ3n) is 5.67. The quantitative estimate of drug-likeness (QED) is 0.292. The first-order chi connectivity index (χ1) is 12.9. The first kappa shape index (κ1) is 25.0. The van der Waals surface area contributed by atoms with Crippen LogP contribution in [0.5, 0.6) is 0 Å². The fraction of sp³-hybridized carbons (Fsp3) is 0.850. The predicted octanol–water partition coefficient (Wildman–Crippen LogP) is 2.11. The van der Waals surface area contributed by atoms with Crippen LogP contribution in [0.3, 0.4) is 0 Å². The fourth-order valence-corrected chi connectivity index (χ4v) is 3.86. The second-order valence-electron chi connectivity index (χ2n) is 8.42. The van der Waals surface area contributed by atoms with Gasteiger partial charge in [-0.1, -0.05) is 19.3 Å². The van der Waals surface area contributed by atoms with Crippen LogP contribution in [0.2, 0.25) is 0 Å². The number of carbonyl (C=O) groups is 2. The number of likely N-dealkylation sites (tertiary alicyclic amines) is 1. The molecule has 1 aliphatic heterocycles. The molecule has 1 saturated heterocycles. The van der Waals surface area contributed by atoms with Gasteiger partial charge >= 0.3 is 0 Å². The lowest BCUT2D eigenvalue weighted by Gasteiger charge is -2.27. The van der Waals surface area contributed by atoms with Crippen LogP contribution in [0, 0.1) is 11.3 Å². The normalized spacial score (nSPS) is 21.1. The molecule has 0 radical (unpaired) electrons. The van der Waals surface area contributed by atoms with E-state index in [9.17, 15) is 9.59 Å². The van der Waals surface area contributed by atoms with E-state index in [4.69, 9.17) is 0 Å². The van der Waals surface area contributed by atoms with Crippen molar-refractivity contribution in [3.05, 3.63) is 0 Å². The summed E-state index contributed by atoms with van der Waals surface area (Å²) in [6, 6.07) is 0.205. The summed E-state index contributed by atoms with van der Waals surface area (Å²) < 4.78 is 0. The number of aliphatic imine (C=N–C) groups is 1. The Labute approximate surface area is 186 Å². The summed E-state index contributed by atoms with van der Waals surface area (Å²) in [6.07, 6.45) is 6.66. The lowest BCUT2D eigenvalue weighted by molar-refractivity contribution is -0.135. The van der Waals surface area contributed by atoms with E-state index in [1.807, 2.05) is 25.7 Å². The van der Waals surface area contributed by atoms with Crippen molar-refractivity contribution in [2.45, 2.75) is 65.3 Å². The summed E-state index contributed by atoms with van der Waals surface area (Å²) in [7, 11) is 1.73. The van der Waals surface area contributed by atoms with E-state index in [1.54, 1.807) is 7.05 Å². The Hall–Kier alpha value is -1.06. The van der Waals surface area contributed by atoms with Gasteiger partial charge in [0.1, 0.15) is 0 Å². The third-order valence-corrected chi connectivity index (χ3v) is 5.67. The SMILES string of the molecule is CCNC(=O)C(C)(C)CNC(=NC)NC1CCN(C(=O)C2CCCCC2)C1.I. The van der Waals surface area contributed by atoms with Crippen molar-refractivity contribution in [1.29, 1.82) is 0 Å². The van der Waals surface area contributed by atoms with Crippen LogP contribution in [-0.2, 0) is 9.59 Å². The van der Waals surface area contributed by atoms with Crippen molar-refractivity contribution in [3.63, 3.8) is 0 Å². The molecule has 3 N–H and O–H groups in total. The molecule has 28 heavy (non-hydrogen) atoms. The van der Waals surface area contributed by atoms with Crippen LogP contribution in [0.25, 0.3) is 0 Å². The molecule has 2 fully saturated rings. The van der Waals surface area contributed by atoms with Crippen LogP contribution in [-0.4, -0.2) is 61.9 Å². The van der Waals surface area contributed by atoms with Gasteiger partial charge in [-0.15, -0.1) is 24.0 Å². The average molecular weight is 507 g/mol. The van der Waals surface area contributed by atoms with Gasteiger partial charge < -0.3 is 20.9 Å². The lowest BCUT2D eigenvalue weighted by atomic mass is 9.88. The first-order valence-corrected chi connectivity index (χ1v) is 10.4. The van der Waals surface area contributed by atoms with Gasteiger partial charge in [0.05, 0.1) is 5.41 Å². The summed E-state index contributed by atoms with van der Waals surface area (Å²) in [4.78, 5) is 31.1. The van der Waals surface area contributed by atoms with Gasteiger partial charge in [-0.2, -0.15) is 0 Å². The summed E-state index contributed by atoms with van der Waals surface area (Å²) in [6.45, 7) is 8.42. The number of halogens is 1. The second-order valence-corrected chi connectivity index (χ2v) is 8.42. The van der Waals surface area contributed by atoms with E-state index < -0.39 is 5.41 Å². The Morgan fingerprint density at radius 2 is 1.79 bits per heavy atom. The number of rotatable bonds is 6. The van der Waals surface area contributed by atoms with Crippen LogP contribution in [0.1, 0.15) is 59.3 Å². The zero-order valence-electron chi connectivity index (χ0n) is 17.8. The topological polar surface area (TPSA) is 85.8 Å². The third kappa shape index (κ3) is 7.08. The molecule has 1 saturated carbocycles. The minimum absolute atomic E-state index is 0. The Morgan fingerprint density at radius 3 is 2.39 bits per heavy atom. The molecule has 1 atom stereocenters. The smallest absolute Gasteiger partial charge is 0.227 e. The fourth-order valence-electron chi connectivity index (χ4n) is 3.86. The van der Waals surface area contributed by atoms with Crippen molar-refractivity contribution in [3.8, 4) is 0 Å². The molecule has 7 nitrogen and oxygen atoms in total. The largest absolute Gasteiger partial charge is 0.356 e. The first-order valence-electron chi connectivity index (χ1n) is 10.4. The Balaban J connectivity index is 0.00000392. The number of nitrogens with one attached hydrogen (secondary N) is 3. The van der Waals surface area contributed by atoms with Gasteiger partial charge in [-0.25, -0.2) is 0 Å². The van der Waals surface area contributed by atoms with E-state index in [1.165, 1.54) is 19.3 Å². The van der Waals surface area contributed by atoms with Crippen molar-refractivity contribution in [2.24, 2.45) is 16.3 Å². The highest BCUT2D eigenvalue weighted by Crippen LogP contribution is 2.26. The molecule has 0 aromatic rings. The number of carbonyl (C=O) groups excluding carboxylic acids is 2. The molecule has 2 amide bonds. The number of nitrogens with zero attached hydrogens (tertiary/aromatic N) is 2. The van der Waals surface area contributed by atoms with E-state index in [0.29, 0.717) is 25.0 Å². The molecule has 0 bridgehead atoms. The lowest BCUT2D eigenvalue weighted by Crippen LogP contribution is -2.50. The standard InChI is InChI=1S/C20H37N5O2.HI/c1-5-22-18(27)20(2,3)14-23-19(21-4)24-16-11-12-25(13-16)17(26)15-9-7-6-8-10-15;/h15-16H,5-14H2,1-4H3,(H,22,27)(H2,21,23,24);1H. The minimum atomic E-state index is -0.522. The van der Waals surface area contributed by atoms with Crippen LogP contribution < -0.4 is 16.0 Å². The minimum Gasteiger partial charge on any atom is -0.356 e. The van der Waals surface area contributed by atoms with Gasteiger partial charge in [0.2, 0.25) is 11.8 Å². The maximum Gasteiger partial charge on any atom is 0.227 e. The second kappa shape index (κ2) is 11.8. The van der Waals surface area contributed by atoms with Gasteiger partial charge in [0.15, 0.2) is 5.96 Å². The van der Waals surface area contributed by atoms with Gasteiger partial charge in [-0.3, -0.25) is 14.6 Å². The predicted molar refractivity (Wildman–Crippen MR) is 124 cm³/mol. The summed E-state index contributed by atoms with van der Waals surface area (Å²) in [5, 5.41) is 9.53. The van der Waals surface area contributed by atoms with Gasteiger partial charge in [0, 0.05) is 45.2 Å². The van der Waals surface area contributed by atoms with Crippen LogP contribution in [0.4, 0.5) is 0 Å². The number of amides is 2. The average Bonchev–Trinajstić information content (AvgIpc) is 3.14. The molecule has 0 aromatic heterocycles. The molecule has 8 heteroatoms. The number of guanidine groups is 1. The van der Waals surface area contributed by atoms with Gasteiger partial charge in [-0.05, 0) is 40.0 Å². The van der Waals surface area contributed by atoms with E-state index in [2.05, 4.69) is 20.9 Å². The summed E-state index contributed by atoms with van der Waals surface area (Å²) in [5.74, 6) is 1.27. The molecule has 162 valence electrons. The van der Waals surface area contributed by atoms with Crippen LogP contribution >= 0.6 is 24.0 Å². The van der Waals surface area contributed by atoms with E-state index >= 15 is 0 Å². The van der Waals surface area contributed by atoms with Crippen molar-refractivity contribution < 1.29 is 9.59 Å².